The molecular formula is C15H14N2O5. The molecule has 22 heavy (non-hydrogen) atoms. The van der Waals surface area contributed by atoms with E-state index < -0.39 is 28.6 Å². The molecule has 2 aliphatic rings. The number of hydrogen-bond donors (Lipinski definition) is 2. The Balaban J connectivity index is 1.80. The number of carbonyl (C=O) groups excluding carboxylic acids is 1. The lowest BCUT2D eigenvalue weighted by Gasteiger charge is -2.23. The quantitative estimate of drug-likeness (QED) is 0.502. The van der Waals surface area contributed by atoms with Gasteiger partial charge in [-0.2, -0.15) is 0 Å². The molecular weight excluding hydrogens is 288 g/mol. The molecule has 0 aromatic heterocycles. The molecule has 2 aliphatic carbocycles. The summed E-state index contributed by atoms with van der Waals surface area (Å²) in [7, 11) is 0. The number of carboxylic acid groups (broad SMARTS) is 1. The zero-order valence-corrected chi connectivity index (χ0v) is 11.5. The van der Waals surface area contributed by atoms with Gasteiger partial charge in [0.2, 0.25) is 5.91 Å². The Bertz CT molecular complexity index is 684. The molecule has 2 N–H and O–H groups in total. The van der Waals surface area contributed by atoms with Crippen molar-refractivity contribution >= 4 is 23.3 Å². The van der Waals surface area contributed by atoms with Crippen molar-refractivity contribution in [1.29, 1.82) is 0 Å². The number of allylic oxidation sites excluding steroid dienone is 2. The van der Waals surface area contributed by atoms with Gasteiger partial charge in [0.25, 0.3) is 5.69 Å². The molecule has 4 atom stereocenters. The first kappa shape index (κ1) is 14.2. The van der Waals surface area contributed by atoms with Crippen molar-refractivity contribution in [3.8, 4) is 0 Å². The fourth-order valence-electron chi connectivity index (χ4n) is 3.44. The first-order valence-electron chi connectivity index (χ1n) is 6.94. The highest BCUT2D eigenvalue weighted by Gasteiger charge is 2.51. The topological polar surface area (TPSA) is 110 Å². The summed E-state index contributed by atoms with van der Waals surface area (Å²) in [6, 6.07) is 5.61. The Kier molecular flexibility index (Phi) is 3.40. The minimum absolute atomic E-state index is 0.0789. The second kappa shape index (κ2) is 5.25. The van der Waals surface area contributed by atoms with Gasteiger partial charge in [0, 0.05) is 17.8 Å². The summed E-state index contributed by atoms with van der Waals surface area (Å²) in [6.07, 6.45) is 4.42. The van der Waals surface area contributed by atoms with Gasteiger partial charge in [-0.25, -0.2) is 0 Å². The standard InChI is InChI=1S/C15H14N2O5/c18-14(16-10-2-1-3-11(7-10)17(21)22)12-8-4-5-9(6-8)13(12)15(19)20/h1-5,7-9,12-13H,6H2,(H,16,18)(H,19,20)/t8-,9+,12-,13-/m1/s1. The Morgan fingerprint density at radius 1 is 1.23 bits per heavy atom. The van der Waals surface area contributed by atoms with Crippen LogP contribution in [0.3, 0.4) is 0 Å². The van der Waals surface area contributed by atoms with E-state index >= 15 is 0 Å². The van der Waals surface area contributed by atoms with Crippen LogP contribution < -0.4 is 5.32 Å². The number of nitro groups is 1. The first-order valence-corrected chi connectivity index (χ1v) is 6.94. The average molecular weight is 302 g/mol. The van der Waals surface area contributed by atoms with Crippen LogP contribution in [0.15, 0.2) is 36.4 Å². The van der Waals surface area contributed by atoms with Crippen LogP contribution in [0.1, 0.15) is 6.42 Å². The number of aliphatic carboxylic acids is 1. The third kappa shape index (κ3) is 2.34. The lowest BCUT2D eigenvalue weighted by atomic mass is 9.82. The molecule has 1 saturated carbocycles. The zero-order valence-electron chi connectivity index (χ0n) is 11.5. The minimum Gasteiger partial charge on any atom is -0.481 e. The summed E-state index contributed by atoms with van der Waals surface area (Å²) in [6.45, 7) is 0. The van der Waals surface area contributed by atoms with Crippen molar-refractivity contribution in [3.63, 3.8) is 0 Å². The van der Waals surface area contributed by atoms with Gasteiger partial charge >= 0.3 is 5.97 Å². The van der Waals surface area contributed by atoms with Crippen LogP contribution >= 0.6 is 0 Å². The fourth-order valence-corrected chi connectivity index (χ4v) is 3.44. The summed E-state index contributed by atoms with van der Waals surface area (Å²) < 4.78 is 0. The number of fused-ring (bicyclic) bond motifs is 2. The fraction of sp³-hybridized carbons (Fsp3) is 0.333. The maximum Gasteiger partial charge on any atom is 0.307 e. The number of carboxylic acids is 1. The van der Waals surface area contributed by atoms with Gasteiger partial charge in [0.1, 0.15) is 0 Å². The number of nitrogens with zero attached hydrogens (tertiary/aromatic N) is 1. The number of carbonyl (C=O) groups is 2. The highest BCUT2D eigenvalue weighted by molar-refractivity contribution is 5.96. The number of benzene rings is 1. The van der Waals surface area contributed by atoms with E-state index in [0.717, 1.165) is 0 Å². The van der Waals surface area contributed by atoms with E-state index in [2.05, 4.69) is 5.32 Å². The zero-order chi connectivity index (χ0) is 15.9. The minimum atomic E-state index is -0.976. The molecule has 1 fully saturated rings. The molecule has 7 nitrogen and oxygen atoms in total. The van der Waals surface area contributed by atoms with Crippen LogP contribution in [0.2, 0.25) is 0 Å². The molecule has 0 radical (unpaired) electrons. The molecule has 0 unspecified atom stereocenters. The highest BCUT2D eigenvalue weighted by atomic mass is 16.6. The van der Waals surface area contributed by atoms with E-state index in [1.165, 1.54) is 18.2 Å². The van der Waals surface area contributed by atoms with E-state index in [-0.39, 0.29) is 17.5 Å². The summed E-state index contributed by atoms with van der Waals surface area (Å²) in [4.78, 5) is 34.0. The van der Waals surface area contributed by atoms with Crippen LogP contribution in [0.5, 0.6) is 0 Å². The Morgan fingerprint density at radius 2 is 1.91 bits per heavy atom. The number of nitrogens with one attached hydrogen (secondary N) is 1. The van der Waals surface area contributed by atoms with Gasteiger partial charge in [-0.3, -0.25) is 19.7 Å². The molecule has 0 aliphatic heterocycles. The summed E-state index contributed by atoms with van der Waals surface area (Å²) in [5.41, 5.74) is 0.176. The Labute approximate surface area is 125 Å². The average Bonchev–Trinajstić information content (AvgIpc) is 3.07. The van der Waals surface area contributed by atoms with Gasteiger partial charge < -0.3 is 10.4 Å². The van der Waals surface area contributed by atoms with Crippen molar-refractivity contribution < 1.29 is 19.6 Å². The van der Waals surface area contributed by atoms with Crippen LogP contribution in [0.25, 0.3) is 0 Å². The van der Waals surface area contributed by atoms with Gasteiger partial charge in [-0.1, -0.05) is 18.2 Å². The predicted molar refractivity (Wildman–Crippen MR) is 77.1 cm³/mol. The SMILES string of the molecule is O=C(Nc1cccc([N+](=O)[O-])c1)[C@H]1[C@H](C(=O)O)[C@H]2C=C[C@@H]1C2. The molecule has 0 spiro atoms. The number of anilines is 1. The maximum atomic E-state index is 12.4. The second-order valence-corrected chi connectivity index (χ2v) is 5.63. The van der Waals surface area contributed by atoms with Gasteiger partial charge in [-0.15, -0.1) is 0 Å². The van der Waals surface area contributed by atoms with Crippen LogP contribution in [0, 0.1) is 33.8 Å². The molecule has 1 aromatic carbocycles. The summed E-state index contributed by atoms with van der Waals surface area (Å²) in [5, 5.41) is 22.7. The van der Waals surface area contributed by atoms with Gasteiger partial charge in [0.15, 0.2) is 0 Å². The van der Waals surface area contributed by atoms with Crippen LogP contribution in [-0.4, -0.2) is 21.9 Å². The molecule has 0 saturated heterocycles. The number of rotatable bonds is 4. The Morgan fingerprint density at radius 3 is 2.55 bits per heavy atom. The number of hydrogen-bond acceptors (Lipinski definition) is 4. The lowest BCUT2D eigenvalue weighted by Crippen LogP contribution is -2.36. The number of nitro benzene ring substituents is 1. The lowest BCUT2D eigenvalue weighted by molar-refractivity contribution is -0.384. The summed E-state index contributed by atoms with van der Waals surface area (Å²) in [5.74, 6) is -2.92. The van der Waals surface area contributed by atoms with E-state index in [4.69, 9.17) is 0 Å². The van der Waals surface area contributed by atoms with E-state index in [9.17, 15) is 24.8 Å². The molecule has 114 valence electrons. The smallest absolute Gasteiger partial charge is 0.307 e. The van der Waals surface area contributed by atoms with E-state index in [1.54, 1.807) is 6.07 Å². The van der Waals surface area contributed by atoms with E-state index in [1.807, 2.05) is 12.2 Å². The molecule has 2 bridgehead atoms. The van der Waals surface area contributed by atoms with Crippen molar-refractivity contribution in [2.75, 3.05) is 5.32 Å². The molecule has 3 rings (SSSR count). The predicted octanol–water partition coefficient (Wildman–Crippen LogP) is 2.06. The van der Waals surface area contributed by atoms with Crippen molar-refractivity contribution in [2.24, 2.45) is 23.7 Å². The molecule has 1 amide bonds. The molecule has 7 heteroatoms. The molecule has 1 aromatic rings. The van der Waals surface area contributed by atoms with Crippen LogP contribution in [0.4, 0.5) is 11.4 Å². The largest absolute Gasteiger partial charge is 0.481 e. The maximum absolute atomic E-state index is 12.4. The number of non-ortho nitro benzene ring substituents is 1. The Hall–Kier alpha value is -2.70. The van der Waals surface area contributed by atoms with E-state index in [0.29, 0.717) is 12.1 Å². The van der Waals surface area contributed by atoms with Crippen molar-refractivity contribution in [1.82, 2.24) is 0 Å². The van der Waals surface area contributed by atoms with Crippen molar-refractivity contribution in [2.45, 2.75) is 6.42 Å². The highest BCUT2D eigenvalue weighted by Crippen LogP contribution is 2.48. The third-order valence-corrected chi connectivity index (χ3v) is 4.37. The summed E-state index contributed by atoms with van der Waals surface area (Å²) >= 11 is 0. The monoisotopic (exact) mass is 302 g/mol. The normalized spacial score (nSPS) is 28.5. The van der Waals surface area contributed by atoms with Gasteiger partial charge in [0.05, 0.1) is 16.8 Å². The van der Waals surface area contributed by atoms with Crippen molar-refractivity contribution in [3.05, 3.63) is 46.5 Å². The second-order valence-electron chi connectivity index (χ2n) is 5.63. The van der Waals surface area contributed by atoms with Gasteiger partial charge in [-0.05, 0) is 24.3 Å². The van der Waals surface area contributed by atoms with Crippen LogP contribution in [-0.2, 0) is 9.59 Å². The molecule has 0 heterocycles. The first-order chi connectivity index (χ1) is 10.5. The number of amides is 1. The third-order valence-electron chi connectivity index (χ3n) is 4.37.